The number of hydrogen-bond acceptors (Lipinski definition) is 3. The summed E-state index contributed by atoms with van der Waals surface area (Å²) < 4.78 is 0. The van der Waals surface area contributed by atoms with Crippen LogP contribution < -0.4 is 0 Å². The third kappa shape index (κ3) is 2.32. The Labute approximate surface area is 125 Å². The van der Waals surface area contributed by atoms with E-state index in [1.165, 1.54) is 0 Å². The van der Waals surface area contributed by atoms with E-state index in [4.69, 9.17) is 0 Å². The molecule has 4 heteroatoms. The number of aliphatic hydroxyl groups excluding tert-OH is 1. The van der Waals surface area contributed by atoms with E-state index in [1.54, 1.807) is 4.90 Å². The van der Waals surface area contributed by atoms with Crippen LogP contribution in [0.3, 0.4) is 0 Å². The minimum atomic E-state index is -0.447. The van der Waals surface area contributed by atoms with E-state index in [-0.39, 0.29) is 30.4 Å². The molecule has 1 N–H and O–H groups in total. The molecule has 1 aromatic carbocycles. The highest BCUT2D eigenvalue weighted by molar-refractivity contribution is 5.81. The van der Waals surface area contributed by atoms with Gasteiger partial charge in [-0.2, -0.15) is 5.26 Å². The zero-order chi connectivity index (χ0) is 14.8. The summed E-state index contributed by atoms with van der Waals surface area (Å²) in [6.45, 7) is -0.0871. The van der Waals surface area contributed by atoms with E-state index >= 15 is 0 Å². The van der Waals surface area contributed by atoms with Gasteiger partial charge in [0.05, 0.1) is 18.7 Å². The predicted molar refractivity (Wildman–Crippen MR) is 78.3 cm³/mol. The van der Waals surface area contributed by atoms with E-state index in [9.17, 15) is 15.2 Å². The highest BCUT2D eigenvalue weighted by Crippen LogP contribution is 2.42. The van der Waals surface area contributed by atoms with E-state index < -0.39 is 6.04 Å². The highest BCUT2D eigenvalue weighted by Gasteiger charge is 2.52. The van der Waals surface area contributed by atoms with Crippen LogP contribution in [0.4, 0.5) is 0 Å². The zero-order valence-electron chi connectivity index (χ0n) is 12.0. The minimum Gasteiger partial charge on any atom is -0.394 e. The maximum absolute atomic E-state index is 12.6. The summed E-state index contributed by atoms with van der Waals surface area (Å²) in [5, 5.41) is 19.2. The van der Waals surface area contributed by atoms with Gasteiger partial charge in [0, 0.05) is 11.8 Å². The maximum atomic E-state index is 12.6. The fourth-order valence-corrected chi connectivity index (χ4v) is 3.77. The van der Waals surface area contributed by atoms with Crippen LogP contribution in [0.1, 0.15) is 37.2 Å². The number of carbonyl (C=O) groups is 1. The van der Waals surface area contributed by atoms with E-state index in [0.717, 1.165) is 31.2 Å². The number of aliphatic hydroxyl groups is 1. The average Bonchev–Trinajstić information content (AvgIpc) is 3.02. The van der Waals surface area contributed by atoms with Crippen molar-refractivity contribution in [2.24, 2.45) is 5.92 Å². The fourth-order valence-electron chi connectivity index (χ4n) is 3.77. The van der Waals surface area contributed by atoms with Crippen molar-refractivity contribution in [1.82, 2.24) is 4.90 Å². The summed E-state index contributed by atoms with van der Waals surface area (Å²) in [5.41, 5.74) is 1.03. The molecule has 1 aliphatic carbocycles. The smallest absolute Gasteiger partial charge is 0.227 e. The van der Waals surface area contributed by atoms with Crippen molar-refractivity contribution >= 4 is 5.91 Å². The van der Waals surface area contributed by atoms with Crippen molar-refractivity contribution in [2.45, 2.75) is 43.7 Å². The van der Waals surface area contributed by atoms with E-state index in [1.807, 2.05) is 30.3 Å². The number of hydrogen-bond donors (Lipinski definition) is 1. The molecule has 1 heterocycles. The lowest BCUT2D eigenvalue weighted by molar-refractivity contribution is -0.151. The van der Waals surface area contributed by atoms with E-state index in [0.29, 0.717) is 0 Å². The van der Waals surface area contributed by atoms with Gasteiger partial charge in [-0.25, -0.2) is 0 Å². The average molecular weight is 284 g/mol. The second-order valence-electron chi connectivity index (χ2n) is 5.99. The molecule has 1 aromatic rings. The van der Waals surface area contributed by atoms with Gasteiger partial charge < -0.3 is 10.0 Å². The number of benzene rings is 1. The van der Waals surface area contributed by atoms with Gasteiger partial charge in [0.2, 0.25) is 5.91 Å². The van der Waals surface area contributed by atoms with Gasteiger partial charge >= 0.3 is 0 Å². The van der Waals surface area contributed by atoms with Crippen molar-refractivity contribution in [3.8, 4) is 6.07 Å². The van der Waals surface area contributed by atoms with Crippen LogP contribution in [0.25, 0.3) is 0 Å². The molecule has 0 spiro atoms. The zero-order valence-corrected chi connectivity index (χ0v) is 12.0. The second-order valence-corrected chi connectivity index (χ2v) is 5.99. The Morgan fingerprint density at radius 2 is 1.95 bits per heavy atom. The van der Waals surface area contributed by atoms with Crippen molar-refractivity contribution < 1.29 is 9.90 Å². The molecule has 110 valence electrons. The molecule has 0 aromatic heterocycles. The van der Waals surface area contributed by atoms with Crippen LogP contribution in [0.15, 0.2) is 30.3 Å². The molecule has 1 aliphatic heterocycles. The first-order valence-corrected chi connectivity index (χ1v) is 7.65. The van der Waals surface area contributed by atoms with Crippen LogP contribution in [0.2, 0.25) is 0 Å². The van der Waals surface area contributed by atoms with Crippen molar-refractivity contribution in [2.75, 3.05) is 6.61 Å². The number of likely N-dealkylation sites (tertiary alicyclic amines) is 1. The number of nitrogens with zero attached hydrogens (tertiary/aromatic N) is 2. The SMILES string of the molecule is N#C[C@@H]1[C@H](c2ccccc2)[C@@H](CO)N1C(=O)C1CCCC1. The number of nitriles is 1. The summed E-state index contributed by atoms with van der Waals surface area (Å²) in [5.74, 6) is 0.0310. The fraction of sp³-hybridized carbons (Fsp3) is 0.529. The third-order valence-corrected chi connectivity index (χ3v) is 4.87. The predicted octanol–water partition coefficient (Wildman–Crippen LogP) is 2.06. The molecule has 1 amide bonds. The topological polar surface area (TPSA) is 64.3 Å². The Kier molecular flexibility index (Phi) is 3.94. The molecule has 0 radical (unpaired) electrons. The Balaban J connectivity index is 1.83. The van der Waals surface area contributed by atoms with Crippen LogP contribution in [-0.2, 0) is 4.79 Å². The highest BCUT2D eigenvalue weighted by atomic mass is 16.3. The maximum Gasteiger partial charge on any atom is 0.227 e. The molecule has 21 heavy (non-hydrogen) atoms. The molecule has 1 saturated heterocycles. The van der Waals surface area contributed by atoms with Gasteiger partial charge in [-0.15, -0.1) is 0 Å². The number of rotatable bonds is 3. The molecule has 0 unspecified atom stereocenters. The van der Waals surface area contributed by atoms with Crippen LogP contribution in [0.5, 0.6) is 0 Å². The lowest BCUT2D eigenvalue weighted by atomic mass is 9.75. The lowest BCUT2D eigenvalue weighted by Crippen LogP contribution is -2.66. The number of amides is 1. The second kappa shape index (κ2) is 5.87. The first-order chi connectivity index (χ1) is 10.3. The van der Waals surface area contributed by atoms with Crippen molar-refractivity contribution in [3.05, 3.63) is 35.9 Å². The van der Waals surface area contributed by atoms with Crippen molar-refractivity contribution in [1.29, 1.82) is 5.26 Å². The Bertz CT molecular complexity index is 546. The lowest BCUT2D eigenvalue weighted by Gasteiger charge is -2.52. The van der Waals surface area contributed by atoms with Crippen LogP contribution in [0, 0.1) is 17.2 Å². The first kappa shape index (κ1) is 14.1. The van der Waals surface area contributed by atoms with Gasteiger partial charge in [-0.3, -0.25) is 4.79 Å². The first-order valence-electron chi connectivity index (χ1n) is 7.65. The summed E-state index contributed by atoms with van der Waals surface area (Å²) >= 11 is 0. The third-order valence-electron chi connectivity index (χ3n) is 4.87. The normalized spacial score (nSPS) is 29.0. The quantitative estimate of drug-likeness (QED) is 0.924. The molecular formula is C17H20N2O2. The summed E-state index contributed by atoms with van der Waals surface area (Å²) in [6.07, 6.45) is 4.02. The van der Waals surface area contributed by atoms with Gasteiger partial charge in [-0.05, 0) is 18.4 Å². The molecule has 3 rings (SSSR count). The van der Waals surface area contributed by atoms with Crippen LogP contribution >= 0.6 is 0 Å². The monoisotopic (exact) mass is 284 g/mol. The Morgan fingerprint density at radius 1 is 1.29 bits per heavy atom. The molecule has 0 bridgehead atoms. The standard InChI is InChI=1S/C17H20N2O2/c18-10-14-16(12-6-2-1-3-7-12)15(11-20)19(14)17(21)13-8-4-5-9-13/h1-3,6-7,13-16,20H,4-5,8-9,11H2/t14-,15-,16+/m1/s1. The Hall–Kier alpha value is -1.86. The molecule has 3 atom stereocenters. The largest absolute Gasteiger partial charge is 0.394 e. The molecule has 1 saturated carbocycles. The molecular weight excluding hydrogens is 264 g/mol. The van der Waals surface area contributed by atoms with Gasteiger partial charge in [-0.1, -0.05) is 43.2 Å². The van der Waals surface area contributed by atoms with Crippen molar-refractivity contribution in [3.63, 3.8) is 0 Å². The van der Waals surface area contributed by atoms with Gasteiger partial charge in [0.25, 0.3) is 0 Å². The summed E-state index contributed by atoms with van der Waals surface area (Å²) in [6, 6.07) is 11.3. The van der Waals surface area contributed by atoms with Crippen LogP contribution in [-0.4, -0.2) is 34.6 Å². The summed E-state index contributed by atoms with van der Waals surface area (Å²) in [4.78, 5) is 14.2. The molecule has 4 nitrogen and oxygen atoms in total. The van der Waals surface area contributed by atoms with Gasteiger partial charge in [0.1, 0.15) is 6.04 Å². The Morgan fingerprint density at radius 3 is 2.52 bits per heavy atom. The van der Waals surface area contributed by atoms with Gasteiger partial charge in [0.15, 0.2) is 0 Å². The number of carbonyl (C=O) groups excluding carboxylic acids is 1. The molecule has 2 fully saturated rings. The summed E-state index contributed by atoms with van der Waals surface area (Å²) in [7, 11) is 0. The minimum absolute atomic E-state index is 0.0478. The molecule has 2 aliphatic rings. The van der Waals surface area contributed by atoms with E-state index in [2.05, 4.69) is 6.07 Å².